The summed E-state index contributed by atoms with van der Waals surface area (Å²) in [7, 11) is 0. The number of unbranched alkanes of at least 4 members (excludes halogenated alkanes) is 4. The summed E-state index contributed by atoms with van der Waals surface area (Å²) >= 11 is 0. The molecular formula is C18H32O6. The summed E-state index contributed by atoms with van der Waals surface area (Å²) in [5, 5.41) is 38.2. The Hall–Kier alpha value is -0.950. The number of hydrogen-bond donors (Lipinski definition) is 4. The van der Waals surface area contributed by atoms with Crippen molar-refractivity contribution in [1.82, 2.24) is 0 Å². The molecule has 1 rings (SSSR count). The fourth-order valence-corrected chi connectivity index (χ4v) is 2.90. The van der Waals surface area contributed by atoms with Gasteiger partial charge in [0.25, 0.3) is 0 Å². The second-order valence-electron chi connectivity index (χ2n) is 6.57. The summed E-state index contributed by atoms with van der Waals surface area (Å²) in [6, 6.07) is 0. The van der Waals surface area contributed by atoms with Gasteiger partial charge >= 0.3 is 5.97 Å². The van der Waals surface area contributed by atoms with Crippen molar-refractivity contribution in [3.8, 4) is 0 Å². The molecule has 1 saturated heterocycles. The molecule has 1 aliphatic rings. The van der Waals surface area contributed by atoms with Crippen LogP contribution in [-0.4, -0.2) is 56.9 Å². The normalized spacial score (nSPS) is 26.8. The van der Waals surface area contributed by atoms with Crippen LogP contribution in [0.15, 0.2) is 12.2 Å². The maximum atomic E-state index is 10.4. The minimum absolute atomic E-state index is 0.225. The molecule has 0 aromatic rings. The van der Waals surface area contributed by atoms with Gasteiger partial charge in [-0.25, -0.2) is 0 Å². The Morgan fingerprint density at radius 3 is 2.54 bits per heavy atom. The van der Waals surface area contributed by atoms with Gasteiger partial charge in [0.1, 0.15) is 6.10 Å². The molecule has 0 aromatic carbocycles. The lowest BCUT2D eigenvalue weighted by molar-refractivity contribution is -0.137. The van der Waals surface area contributed by atoms with Crippen molar-refractivity contribution in [1.29, 1.82) is 0 Å². The van der Waals surface area contributed by atoms with E-state index in [2.05, 4.69) is 0 Å². The van der Waals surface area contributed by atoms with E-state index in [4.69, 9.17) is 9.84 Å². The molecule has 1 heterocycles. The van der Waals surface area contributed by atoms with Crippen molar-refractivity contribution in [3.05, 3.63) is 12.2 Å². The quantitative estimate of drug-likeness (QED) is 0.319. The third kappa shape index (κ3) is 8.24. The summed E-state index contributed by atoms with van der Waals surface area (Å²) in [6.45, 7) is 1.87. The van der Waals surface area contributed by atoms with Crippen LogP contribution in [0, 0.1) is 0 Å². The SMILES string of the molecule is CC[C@@H](O)[C@@H]1C[C@@H](O)[C@@H](/C=C/[C@@H](O)CCCCCCCC(=O)O)O1. The molecule has 0 bridgehead atoms. The molecule has 6 nitrogen and oxygen atoms in total. The molecule has 0 aromatic heterocycles. The fraction of sp³-hybridized carbons (Fsp3) is 0.833. The molecule has 24 heavy (non-hydrogen) atoms. The molecule has 0 amide bonds. The number of carboxylic acids is 1. The second kappa shape index (κ2) is 11.6. The van der Waals surface area contributed by atoms with Crippen LogP contribution in [0.1, 0.15) is 64.7 Å². The van der Waals surface area contributed by atoms with E-state index < -0.39 is 30.4 Å². The highest BCUT2D eigenvalue weighted by molar-refractivity contribution is 5.66. The lowest BCUT2D eigenvalue weighted by Gasteiger charge is -2.16. The van der Waals surface area contributed by atoms with Crippen molar-refractivity contribution < 1.29 is 30.0 Å². The van der Waals surface area contributed by atoms with Crippen LogP contribution in [0.2, 0.25) is 0 Å². The van der Waals surface area contributed by atoms with Crippen LogP contribution >= 0.6 is 0 Å². The third-order valence-electron chi connectivity index (χ3n) is 4.45. The highest BCUT2D eigenvalue weighted by Crippen LogP contribution is 2.25. The largest absolute Gasteiger partial charge is 0.481 e. The Balaban J connectivity index is 2.15. The molecule has 0 saturated carbocycles. The van der Waals surface area contributed by atoms with E-state index in [1.165, 1.54) is 0 Å². The highest BCUT2D eigenvalue weighted by Gasteiger charge is 2.35. The number of carbonyl (C=O) groups is 1. The first-order chi connectivity index (χ1) is 11.4. The Kier molecular flexibility index (Phi) is 10.2. The lowest BCUT2D eigenvalue weighted by atomic mass is 10.0. The van der Waals surface area contributed by atoms with Crippen molar-refractivity contribution >= 4 is 5.97 Å². The van der Waals surface area contributed by atoms with E-state index in [0.29, 0.717) is 25.7 Å². The first-order valence-electron chi connectivity index (χ1n) is 9.03. The van der Waals surface area contributed by atoms with Gasteiger partial charge < -0.3 is 25.2 Å². The zero-order valence-corrected chi connectivity index (χ0v) is 14.5. The molecule has 140 valence electrons. The number of carboxylic acid groups (broad SMARTS) is 1. The standard InChI is InChI=1S/C18H32O6/c1-2-14(20)17-12-15(21)16(24-17)11-10-13(19)8-6-4-3-5-7-9-18(22)23/h10-11,13-17,19-21H,2-9,12H2,1H3,(H,22,23)/b11-10+/t13-,14+,15+,16+,17-/m0/s1. The van der Waals surface area contributed by atoms with Gasteiger partial charge in [-0.2, -0.15) is 0 Å². The molecule has 0 spiro atoms. The summed E-state index contributed by atoms with van der Waals surface area (Å²) < 4.78 is 5.62. The average molecular weight is 344 g/mol. The van der Waals surface area contributed by atoms with Crippen molar-refractivity contribution in [2.75, 3.05) is 0 Å². The maximum absolute atomic E-state index is 10.4. The second-order valence-corrected chi connectivity index (χ2v) is 6.57. The van der Waals surface area contributed by atoms with Crippen LogP contribution in [-0.2, 0) is 9.53 Å². The number of aliphatic carboxylic acids is 1. The summed E-state index contributed by atoms with van der Waals surface area (Å²) in [5.41, 5.74) is 0. The average Bonchev–Trinajstić information content (AvgIpc) is 2.92. The van der Waals surface area contributed by atoms with Gasteiger partial charge in [-0.05, 0) is 19.3 Å². The van der Waals surface area contributed by atoms with E-state index in [-0.39, 0.29) is 12.5 Å². The minimum Gasteiger partial charge on any atom is -0.481 e. The molecule has 1 aliphatic heterocycles. The van der Waals surface area contributed by atoms with E-state index in [1.807, 2.05) is 6.92 Å². The molecule has 0 aliphatic carbocycles. The smallest absolute Gasteiger partial charge is 0.303 e. The molecule has 0 unspecified atom stereocenters. The van der Waals surface area contributed by atoms with Crippen LogP contribution in [0.25, 0.3) is 0 Å². The predicted molar refractivity (Wildman–Crippen MR) is 90.7 cm³/mol. The number of ether oxygens (including phenoxy) is 1. The highest BCUT2D eigenvalue weighted by atomic mass is 16.5. The first-order valence-corrected chi connectivity index (χ1v) is 9.03. The van der Waals surface area contributed by atoms with Crippen molar-refractivity contribution in [2.45, 2.75) is 95.2 Å². The zero-order valence-electron chi connectivity index (χ0n) is 14.5. The summed E-state index contributed by atoms with van der Waals surface area (Å²) in [6.07, 6.45) is 7.04. The Morgan fingerprint density at radius 2 is 1.88 bits per heavy atom. The van der Waals surface area contributed by atoms with Gasteiger partial charge in [-0.3, -0.25) is 4.79 Å². The monoisotopic (exact) mass is 344 g/mol. The molecule has 6 heteroatoms. The third-order valence-corrected chi connectivity index (χ3v) is 4.45. The topological polar surface area (TPSA) is 107 Å². The van der Waals surface area contributed by atoms with E-state index in [1.54, 1.807) is 12.2 Å². The van der Waals surface area contributed by atoms with Crippen LogP contribution in [0.5, 0.6) is 0 Å². The van der Waals surface area contributed by atoms with E-state index >= 15 is 0 Å². The van der Waals surface area contributed by atoms with Gasteiger partial charge in [0.2, 0.25) is 0 Å². The Labute approximate surface area is 144 Å². The van der Waals surface area contributed by atoms with E-state index in [0.717, 1.165) is 25.7 Å². The number of hydrogen-bond acceptors (Lipinski definition) is 5. The molecule has 4 N–H and O–H groups in total. The molecule has 1 fully saturated rings. The summed E-state index contributed by atoms with van der Waals surface area (Å²) in [5.74, 6) is -0.749. The van der Waals surface area contributed by atoms with E-state index in [9.17, 15) is 20.1 Å². The number of rotatable bonds is 12. The zero-order chi connectivity index (χ0) is 17.9. The molecule has 5 atom stereocenters. The van der Waals surface area contributed by atoms with Gasteiger partial charge in [0.15, 0.2) is 0 Å². The number of aliphatic hydroxyl groups excluding tert-OH is 3. The van der Waals surface area contributed by atoms with Gasteiger partial charge in [-0.15, -0.1) is 0 Å². The predicted octanol–water partition coefficient (Wildman–Crippen LogP) is 2.01. The molecular weight excluding hydrogens is 312 g/mol. The molecule has 0 radical (unpaired) electrons. The van der Waals surface area contributed by atoms with Gasteiger partial charge in [0, 0.05) is 12.8 Å². The van der Waals surface area contributed by atoms with Gasteiger partial charge in [0.05, 0.1) is 24.4 Å². The van der Waals surface area contributed by atoms with Crippen LogP contribution in [0.3, 0.4) is 0 Å². The lowest BCUT2D eigenvalue weighted by Crippen LogP contribution is -2.25. The van der Waals surface area contributed by atoms with Crippen molar-refractivity contribution in [3.63, 3.8) is 0 Å². The Bertz CT molecular complexity index is 384. The van der Waals surface area contributed by atoms with Gasteiger partial charge in [-0.1, -0.05) is 44.8 Å². The minimum atomic E-state index is -0.749. The van der Waals surface area contributed by atoms with Crippen molar-refractivity contribution in [2.24, 2.45) is 0 Å². The number of aliphatic hydroxyl groups is 3. The Morgan fingerprint density at radius 1 is 1.21 bits per heavy atom. The summed E-state index contributed by atoms with van der Waals surface area (Å²) in [4.78, 5) is 10.4. The van der Waals surface area contributed by atoms with Crippen LogP contribution in [0.4, 0.5) is 0 Å². The first kappa shape index (κ1) is 21.1. The maximum Gasteiger partial charge on any atom is 0.303 e. The fourth-order valence-electron chi connectivity index (χ4n) is 2.90. The van der Waals surface area contributed by atoms with Crippen LogP contribution < -0.4 is 0 Å².